The monoisotopic (exact) mass is 441 g/mol. The Morgan fingerprint density at radius 1 is 1.50 bits per heavy atom. The maximum absolute atomic E-state index is 10.6. The number of rotatable bonds is 5. The number of halogens is 3. The summed E-state index contributed by atoms with van der Waals surface area (Å²) in [5.74, 6) is 0. The molecule has 2 aromatic heterocycles. The third-order valence-electron chi connectivity index (χ3n) is 2.78. The number of hydrogen-bond acceptors (Lipinski definition) is 4. The minimum absolute atomic E-state index is 0.483. The number of aromatic nitrogens is 2. The molecule has 110 valence electrons. The molecule has 0 fully saturated rings. The van der Waals surface area contributed by atoms with Crippen LogP contribution in [0.5, 0.6) is 0 Å². The Kier molecular flexibility index (Phi) is 5.67. The summed E-state index contributed by atoms with van der Waals surface area (Å²) in [7, 11) is 3.99. The fourth-order valence-electron chi connectivity index (χ4n) is 1.75. The van der Waals surface area contributed by atoms with Crippen molar-refractivity contribution in [1.82, 2.24) is 14.7 Å². The van der Waals surface area contributed by atoms with Gasteiger partial charge in [-0.05, 0) is 52.0 Å². The lowest BCUT2D eigenvalue weighted by Gasteiger charge is -2.15. The van der Waals surface area contributed by atoms with Crippen molar-refractivity contribution < 1.29 is 5.11 Å². The standard InChI is InChI=1S/C12H14Br2ClN3OS/c1-17(2)3-4-18-10(8(15)6-16-18)11(19)9-5-7(13)12(14)20-9/h5-6,11,19H,3-4H2,1-2H3. The van der Waals surface area contributed by atoms with E-state index in [2.05, 4.69) is 41.9 Å². The zero-order valence-electron chi connectivity index (χ0n) is 11.0. The summed E-state index contributed by atoms with van der Waals surface area (Å²) >= 11 is 14.5. The molecule has 20 heavy (non-hydrogen) atoms. The van der Waals surface area contributed by atoms with Gasteiger partial charge in [0.25, 0.3) is 0 Å². The van der Waals surface area contributed by atoms with Gasteiger partial charge in [-0.2, -0.15) is 5.10 Å². The molecule has 2 rings (SSSR count). The van der Waals surface area contributed by atoms with Crippen molar-refractivity contribution in [2.45, 2.75) is 12.6 Å². The molecule has 0 bridgehead atoms. The van der Waals surface area contributed by atoms with Crippen molar-refractivity contribution in [3.05, 3.63) is 36.1 Å². The zero-order chi connectivity index (χ0) is 14.9. The van der Waals surface area contributed by atoms with Gasteiger partial charge in [0.2, 0.25) is 0 Å². The van der Waals surface area contributed by atoms with Crippen LogP contribution in [0, 0.1) is 0 Å². The van der Waals surface area contributed by atoms with E-state index >= 15 is 0 Å². The molecule has 4 nitrogen and oxygen atoms in total. The van der Waals surface area contributed by atoms with Gasteiger partial charge in [-0.3, -0.25) is 4.68 Å². The predicted molar refractivity (Wildman–Crippen MR) is 89.6 cm³/mol. The van der Waals surface area contributed by atoms with E-state index in [1.165, 1.54) is 11.3 Å². The quantitative estimate of drug-likeness (QED) is 0.765. The second-order valence-corrected chi connectivity index (χ2v) is 8.24. The first-order chi connectivity index (χ1) is 9.40. The molecule has 0 aliphatic carbocycles. The lowest BCUT2D eigenvalue weighted by molar-refractivity contribution is 0.209. The topological polar surface area (TPSA) is 41.3 Å². The summed E-state index contributed by atoms with van der Waals surface area (Å²) in [5.41, 5.74) is 0.634. The Labute approximate surface area is 143 Å². The molecule has 2 aromatic rings. The van der Waals surface area contributed by atoms with Crippen LogP contribution < -0.4 is 0 Å². The van der Waals surface area contributed by atoms with E-state index in [4.69, 9.17) is 11.6 Å². The van der Waals surface area contributed by atoms with Gasteiger partial charge >= 0.3 is 0 Å². The summed E-state index contributed by atoms with van der Waals surface area (Å²) in [6, 6.07) is 1.89. The van der Waals surface area contributed by atoms with Gasteiger partial charge in [0, 0.05) is 15.9 Å². The molecule has 0 aliphatic heterocycles. The zero-order valence-corrected chi connectivity index (χ0v) is 15.7. The van der Waals surface area contributed by atoms with Crippen molar-refractivity contribution in [1.29, 1.82) is 0 Å². The van der Waals surface area contributed by atoms with Crippen LogP contribution in [0.4, 0.5) is 0 Å². The molecule has 0 amide bonds. The number of thiophene rings is 1. The molecule has 0 saturated carbocycles. The lowest BCUT2D eigenvalue weighted by atomic mass is 10.2. The highest BCUT2D eigenvalue weighted by Crippen LogP contribution is 2.38. The minimum atomic E-state index is -0.778. The Morgan fingerprint density at radius 3 is 2.75 bits per heavy atom. The summed E-state index contributed by atoms with van der Waals surface area (Å²) < 4.78 is 3.63. The van der Waals surface area contributed by atoms with E-state index < -0.39 is 6.10 Å². The molecule has 1 atom stereocenters. The lowest BCUT2D eigenvalue weighted by Crippen LogP contribution is -2.21. The van der Waals surface area contributed by atoms with E-state index in [0.717, 1.165) is 19.7 Å². The van der Waals surface area contributed by atoms with Gasteiger partial charge in [0.1, 0.15) is 6.10 Å². The molecular formula is C12H14Br2ClN3OS. The average Bonchev–Trinajstić information content (AvgIpc) is 2.90. The Hall–Kier alpha value is 0.0800. The highest BCUT2D eigenvalue weighted by Gasteiger charge is 2.22. The third-order valence-corrected chi connectivity index (χ3v) is 6.38. The van der Waals surface area contributed by atoms with Crippen LogP contribution in [0.3, 0.4) is 0 Å². The van der Waals surface area contributed by atoms with E-state index in [1.807, 2.05) is 20.2 Å². The molecule has 0 aromatic carbocycles. The van der Waals surface area contributed by atoms with Crippen molar-refractivity contribution in [3.63, 3.8) is 0 Å². The predicted octanol–water partition coefficient (Wildman–Crippen LogP) is 3.77. The van der Waals surface area contributed by atoms with Crippen molar-refractivity contribution >= 4 is 54.8 Å². The highest BCUT2D eigenvalue weighted by atomic mass is 79.9. The third kappa shape index (κ3) is 3.64. The molecule has 0 aliphatic rings. The smallest absolute Gasteiger partial charge is 0.131 e. The van der Waals surface area contributed by atoms with Crippen LogP contribution in [-0.2, 0) is 6.54 Å². The molecule has 8 heteroatoms. The van der Waals surface area contributed by atoms with Crippen molar-refractivity contribution in [2.24, 2.45) is 0 Å². The van der Waals surface area contributed by atoms with Gasteiger partial charge in [0.05, 0.1) is 27.2 Å². The van der Waals surface area contributed by atoms with E-state index in [-0.39, 0.29) is 0 Å². The molecule has 0 saturated heterocycles. The number of aliphatic hydroxyl groups is 1. The first kappa shape index (κ1) is 16.5. The van der Waals surface area contributed by atoms with Gasteiger partial charge in [-0.25, -0.2) is 0 Å². The van der Waals surface area contributed by atoms with Gasteiger partial charge in [-0.15, -0.1) is 11.3 Å². The minimum Gasteiger partial charge on any atom is -0.381 e. The second kappa shape index (κ2) is 6.89. The van der Waals surface area contributed by atoms with Crippen LogP contribution in [0.15, 0.2) is 20.5 Å². The fourth-order valence-corrected chi connectivity index (χ4v) is 4.07. The number of hydrogen-bond donors (Lipinski definition) is 1. The number of aliphatic hydroxyl groups excluding tert-OH is 1. The maximum Gasteiger partial charge on any atom is 0.131 e. The normalized spacial score (nSPS) is 13.2. The van der Waals surface area contributed by atoms with Crippen molar-refractivity contribution in [3.8, 4) is 0 Å². The first-order valence-electron chi connectivity index (χ1n) is 5.89. The summed E-state index contributed by atoms with van der Waals surface area (Å²) in [6.45, 7) is 1.51. The summed E-state index contributed by atoms with van der Waals surface area (Å²) in [4.78, 5) is 2.88. The first-order valence-corrected chi connectivity index (χ1v) is 8.67. The van der Waals surface area contributed by atoms with Crippen molar-refractivity contribution in [2.75, 3.05) is 20.6 Å². The van der Waals surface area contributed by atoms with Gasteiger partial charge in [0.15, 0.2) is 0 Å². The summed E-state index contributed by atoms with van der Waals surface area (Å²) in [6.07, 6.45) is 0.799. The fraction of sp³-hybridized carbons (Fsp3) is 0.417. The second-order valence-electron chi connectivity index (χ2n) is 4.58. The van der Waals surface area contributed by atoms with E-state index in [9.17, 15) is 5.11 Å². The van der Waals surface area contributed by atoms with E-state index in [1.54, 1.807) is 10.9 Å². The molecule has 1 unspecified atom stereocenters. The van der Waals surface area contributed by atoms with Crippen LogP contribution in [0.25, 0.3) is 0 Å². The van der Waals surface area contributed by atoms with E-state index in [0.29, 0.717) is 17.3 Å². The Morgan fingerprint density at radius 2 is 2.20 bits per heavy atom. The molecule has 0 spiro atoms. The van der Waals surface area contributed by atoms with Gasteiger partial charge in [-0.1, -0.05) is 11.6 Å². The number of likely N-dealkylation sites (N-methyl/N-ethyl adjacent to an activating group) is 1. The highest BCUT2D eigenvalue weighted by molar-refractivity contribution is 9.13. The average molecular weight is 444 g/mol. The van der Waals surface area contributed by atoms with Crippen LogP contribution in [0.2, 0.25) is 5.02 Å². The molecule has 2 heterocycles. The van der Waals surface area contributed by atoms with Crippen LogP contribution in [-0.4, -0.2) is 40.4 Å². The molecular weight excluding hydrogens is 429 g/mol. The van der Waals surface area contributed by atoms with Gasteiger partial charge < -0.3 is 10.0 Å². The largest absolute Gasteiger partial charge is 0.381 e. The van der Waals surface area contributed by atoms with Crippen LogP contribution in [0.1, 0.15) is 16.7 Å². The molecule has 0 radical (unpaired) electrons. The number of nitrogens with zero attached hydrogens (tertiary/aromatic N) is 3. The SMILES string of the molecule is CN(C)CCn1ncc(Cl)c1C(O)c1cc(Br)c(Br)s1. The van der Waals surface area contributed by atoms with Crippen LogP contribution >= 0.6 is 54.8 Å². The molecule has 1 N–H and O–H groups in total. The maximum atomic E-state index is 10.6. The Balaban J connectivity index is 2.29. The summed E-state index contributed by atoms with van der Waals surface area (Å²) in [5, 5.41) is 15.3. The Bertz CT molecular complexity index is 580.